The molecule has 1 amide bonds. The van der Waals surface area contributed by atoms with E-state index in [4.69, 9.17) is 5.73 Å². The zero-order valence-electron chi connectivity index (χ0n) is 10.2. The minimum absolute atomic E-state index is 0.0621. The van der Waals surface area contributed by atoms with Gasteiger partial charge in [-0.25, -0.2) is 0 Å². The Morgan fingerprint density at radius 1 is 1.31 bits per heavy atom. The quantitative estimate of drug-likeness (QED) is 0.840. The van der Waals surface area contributed by atoms with Gasteiger partial charge in [-0.1, -0.05) is 31.2 Å². The van der Waals surface area contributed by atoms with Gasteiger partial charge in [0.05, 0.1) is 0 Å². The van der Waals surface area contributed by atoms with Crippen LogP contribution in [0.3, 0.4) is 0 Å². The fourth-order valence-corrected chi connectivity index (χ4v) is 1.49. The van der Waals surface area contributed by atoms with Crippen molar-refractivity contribution in [3.8, 4) is 0 Å². The third-order valence-electron chi connectivity index (χ3n) is 2.71. The van der Waals surface area contributed by atoms with Gasteiger partial charge in [0.1, 0.15) is 0 Å². The SMILES string of the molecule is CCc1ccc(C(N)CC(=O)N(C)C)cc1. The predicted molar refractivity (Wildman–Crippen MR) is 66.1 cm³/mol. The fraction of sp³-hybridized carbons (Fsp3) is 0.462. The maximum atomic E-state index is 11.5. The van der Waals surface area contributed by atoms with Crippen molar-refractivity contribution in [2.24, 2.45) is 5.73 Å². The normalized spacial score (nSPS) is 12.2. The number of aryl methyl sites for hydroxylation is 1. The molecule has 0 aromatic heterocycles. The van der Waals surface area contributed by atoms with Crippen LogP contribution in [0.1, 0.15) is 30.5 Å². The van der Waals surface area contributed by atoms with E-state index < -0.39 is 0 Å². The molecule has 2 N–H and O–H groups in total. The molecule has 0 aliphatic heterocycles. The van der Waals surface area contributed by atoms with Gasteiger partial charge >= 0.3 is 0 Å². The van der Waals surface area contributed by atoms with Crippen molar-refractivity contribution in [3.05, 3.63) is 35.4 Å². The van der Waals surface area contributed by atoms with Crippen molar-refractivity contribution in [2.45, 2.75) is 25.8 Å². The summed E-state index contributed by atoms with van der Waals surface area (Å²) in [4.78, 5) is 13.1. The molecule has 16 heavy (non-hydrogen) atoms. The smallest absolute Gasteiger partial charge is 0.223 e. The molecule has 0 saturated carbocycles. The second-order valence-corrected chi connectivity index (χ2v) is 4.19. The number of nitrogens with two attached hydrogens (primary N) is 1. The van der Waals surface area contributed by atoms with Crippen LogP contribution in [0.15, 0.2) is 24.3 Å². The number of benzene rings is 1. The molecule has 0 radical (unpaired) electrons. The fourth-order valence-electron chi connectivity index (χ4n) is 1.49. The Morgan fingerprint density at radius 2 is 1.88 bits per heavy atom. The average Bonchev–Trinajstić information content (AvgIpc) is 2.28. The number of nitrogens with zero attached hydrogens (tertiary/aromatic N) is 1. The van der Waals surface area contributed by atoms with Crippen molar-refractivity contribution >= 4 is 5.91 Å². The molecule has 0 fully saturated rings. The Labute approximate surface area is 97.2 Å². The summed E-state index contributed by atoms with van der Waals surface area (Å²) in [6.45, 7) is 2.12. The van der Waals surface area contributed by atoms with Gasteiger partial charge in [-0.15, -0.1) is 0 Å². The van der Waals surface area contributed by atoms with Crippen LogP contribution in [0.2, 0.25) is 0 Å². The van der Waals surface area contributed by atoms with Gasteiger partial charge in [0.25, 0.3) is 0 Å². The van der Waals surface area contributed by atoms with Gasteiger partial charge in [-0.2, -0.15) is 0 Å². The van der Waals surface area contributed by atoms with Crippen LogP contribution in [0.4, 0.5) is 0 Å². The molecule has 1 rings (SSSR count). The lowest BCUT2D eigenvalue weighted by Gasteiger charge is -2.15. The Balaban J connectivity index is 2.65. The van der Waals surface area contributed by atoms with Gasteiger partial charge in [-0.05, 0) is 17.5 Å². The summed E-state index contributed by atoms with van der Waals surface area (Å²) >= 11 is 0. The molecule has 0 aliphatic rings. The summed E-state index contributed by atoms with van der Waals surface area (Å²) in [5, 5.41) is 0. The Morgan fingerprint density at radius 3 is 2.31 bits per heavy atom. The molecule has 0 aliphatic carbocycles. The zero-order chi connectivity index (χ0) is 12.1. The van der Waals surface area contributed by atoms with Gasteiger partial charge in [0, 0.05) is 26.6 Å². The highest BCUT2D eigenvalue weighted by molar-refractivity contribution is 5.76. The Kier molecular flexibility index (Phi) is 4.50. The molecule has 0 bridgehead atoms. The molecule has 0 saturated heterocycles. The van der Waals surface area contributed by atoms with Crippen LogP contribution in [-0.2, 0) is 11.2 Å². The Bertz CT molecular complexity index is 343. The van der Waals surface area contributed by atoms with Crippen LogP contribution in [0, 0.1) is 0 Å². The van der Waals surface area contributed by atoms with E-state index >= 15 is 0 Å². The number of hydrogen-bond donors (Lipinski definition) is 1. The summed E-state index contributed by atoms with van der Waals surface area (Å²) in [5.74, 6) is 0.0621. The van der Waals surface area contributed by atoms with E-state index in [9.17, 15) is 4.79 Å². The summed E-state index contributed by atoms with van der Waals surface area (Å²) in [5.41, 5.74) is 8.29. The molecule has 88 valence electrons. The van der Waals surface area contributed by atoms with Crippen LogP contribution >= 0.6 is 0 Å². The first-order chi connectivity index (χ1) is 7.54. The van der Waals surface area contributed by atoms with E-state index in [1.54, 1.807) is 19.0 Å². The molecule has 3 heteroatoms. The van der Waals surface area contributed by atoms with Crippen molar-refractivity contribution in [3.63, 3.8) is 0 Å². The van der Waals surface area contributed by atoms with Gasteiger partial charge in [-0.3, -0.25) is 4.79 Å². The lowest BCUT2D eigenvalue weighted by atomic mass is 10.0. The second kappa shape index (κ2) is 5.66. The van der Waals surface area contributed by atoms with E-state index in [1.165, 1.54) is 5.56 Å². The third-order valence-corrected chi connectivity index (χ3v) is 2.71. The second-order valence-electron chi connectivity index (χ2n) is 4.19. The molecule has 3 nitrogen and oxygen atoms in total. The lowest BCUT2D eigenvalue weighted by Crippen LogP contribution is -2.26. The zero-order valence-corrected chi connectivity index (χ0v) is 10.2. The predicted octanol–water partition coefficient (Wildman–Crippen LogP) is 1.73. The van der Waals surface area contributed by atoms with Crippen molar-refractivity contribution in [1.29, 1.82) is 0 Å². The van der Waals surface area contributed by atoms with E-state index in [1.807, 2.05) is 12.1 Å². The first kappa shape index (κ1) is 12.7. The minimum Gasteiger partial charge on any atom is -0.349 e. The van der Waals surface area contributed by atoms with E-state index in [0.29, 0.717) is 6.42 Å². The minimum atomic E-state index is -0.208. The molecule has 1 aromatic rings. The molecule has 0 heterocycles. The number of carbonyl (C=O) groups excluding carboxylic acids is 1. The highest BCUT2D eigenvalue weighted by atomic mass is 16.2. The highest BCUT2D eigenvalue weighted by Crippen LogP contribution is 2.15. The van der Waals surface area contributed by atoms with Crippen LogP contribution in [0.5, 0.6) is 0 Å². The molecule has 1 aromatic carbocycles. The van der Waals surface area contributed by atoms with E-state index in [0.717, 1.165) is 12.0 Å². The Hall–Kier alpha value is -1.35. The molecular formula is C13H20N2O. The van der Waals surface area contributed by atoms with Gasteiger partial charge < -0.3 is 10.6 Å². The van der Waals surface area contributed by atoms with E-state index in [-0.39, 0.29) is 11.9 Å². The molecule has 1 atom stereocenters. The van der Waals surface area contributed by atoms with Crippen molar-refractivity contribution < 1.29 is 4.79 Å². The van der Waals surface area contributed by atoms with Gasteiger partial charge in [0.15, 0.2) is 0 Å². The van der Waals surface area contributed by atoms with Crippen molar-refractivity contribution in [1.82, 2.24) is 4.90 Å². The number of amides is 1. The third kappa shape index (κ3) is 3.35. The monoisotopic (exact) mass is 220 g/mol. The highest BCUT2D eigenvalue weighted by Gasteiger charge is 2.12. The van der Waals surface area contributed by atoms with Crippen LogP contribution < -0.4 is 5.73 Å². The van der Waals surface area contributed by atoms with E-state index in [2.05, 4.69) is 19.1 Å². The van der Waals surface area contributed by atoms with Crippen molar-refractivity contribution in [2.75, 3.05) is 14.1 Å². The number of rotatable bonds is 4. The number of hydrogen-bond acceptors (Lipinski definition) is 2. The van der Waals surface area contributed by atoms with Crippen LogP contribution in [-0.4, -0.2) is 24.9 Å². The lowest BCUT2D eigenvalue weighted by molar-refractivity contribution is -0.129. The summed E-state index contributed by atoms with van der Waals surface area (Å²) in [7, 11) is 3.49. The van der Waals surface area contributed by atoms with Crippen LogP contribution in [0.25, 0.3) is 0 Å². The summed E-state index contributed by atoms with van der Waals surface area (Å²) < 4.78 is 0. The average molecular weight is 220 g/mol. The maximum Gasteiger partial charge on any atom is 0.223 e. The molecule has 1 unspecified atom stereocenters. The van der Waals surface area contributed by atoms with Gasteiger partial charge in [0.2, 0.25) is 5.91 Å². The molecule has 0 spiro atoms. The first-order valence-corrected chi connectivity index (χ1v) is 5.59. The number of carbonyl (C=O) groups is 1. The first-order valence-electron chi connectivity index (χ1n) is 5.59. The largest absolute Gasteiger partial charge is 0.349 e. The molecular weight excluding hydrogens is 200 g/mol. The maximum absolute atomic E-state index is 11.5. The standard InChI is InChI=1S/C13H20N2O/c1-4-10-5-7-11(8-6-10)12(14)9-13(16)15(2)3/h5-8,12H,4,9,14H2,1-3H3. The summed E-state index contributed by atoms with van der Waals surface area (Å²) in [6, 6.07) is 7.93. The summed E-state index contributed by atoms with van der Waals surface area (Å²) in [6.07, 6.45) is 1.38. The topological polar surface area (TPSA) is 46.3 Å².